The number of carbonyl (C=O) groups is 2. The van der Waals surface area contributed by atoms with Crippen LogP contribution in [-0.4, -0.2) is 62.5 Å². The van der Waals surface area contributed by atoms with E-state index in [1.165, 1.54) is 18.9 Å². The Hall–Kier alpha value is -1.99. The number of piperidine rings is 2. The van der Waals surface area contributed by atoms with Crippen molar-refractivity contribution in [3.05, 3.63) is 29.6 Å². The molecule has 1 aromatic rings. The molecule has 30 heavy (non-hydrogen) atoms. The van der Waals surface area contributed by atoms with Gasteiger partial charge < -0.3 is 10.2 Å². The van der Waals surface area contributed by atoms with Gasteiger partial charge in [0.15, 0.2) is 0 Å². The molecular formula is C23H33FN4O2. The van der Waals surface area contributed by atoms with Crippen molar-refractivity contribution in [1.29, 1.82) is 0 Å². The zero-order valence-corrected chi connectivity index (χ0v) is 17.8. The number of hydrogen-bond acceptors (Lipinski definition) is 5. The molecule has 1 unspecified atom stereocenters. The molecule has 2 N–H and O–H groups in total. The van der Waals surface area contributed by atoms with Crippen molar-refractivity contribution in [3.63, 3.8) is 0 Å². The van der Waals surface area contributed by atoms with Gasteiger partial charge in [0.25, 0.3) is 0 Å². The summed E-state index contributed by atoms with van der Waals surface area (Å²) in [6.07, 6.45) is 3.28. The molecule has 3 aliphatic heterocycles. The van der Waals surface area contributed by atoms with Gasteiger partial charge in [-0.2, -0.15) is 0 Å². The predicted octanol–water partition coefficient (Wildman–Crippen LogP) is 2.10. The summed E-state index contributed by atoms with van der Waals surface area (Å²) >= 11 is 0. The zero-order valence-electron chi connectivity index (χ0n) is 17.8. The number of imide groups is 1. The molecule has 2 atom stereocenters. The highest BCUT2D eigenvalue weighted by molar-refractivity contribution is 6.00. The van der Waals surface area contributed by atoms with Crippen molar-refractivity contribution in [2.45, 2.75) is 38.5 Å². The normalized spacial score (nSPS) is 25.3. The van der Waals surface area contributed by atoms with Crippen LogP contribution in [0.5, 0.6) is 0 Å². The van der Waals surface area contributed by atoms with Gasteiger partial charge in [-0.1, -0.05) is 13.0 Å². The van der Waals surface area contributed by atoms with E-state index < -0.39 is 5.92 Å². The summed E-state index contributed by atoms with van der Waals surface area (Å²) in [5.74, 6) is 0.202. The minimum Gasteiger partial charge on any atom is -0.367 e. The quantitative estimate of drug-likeness (QED) is 0.720. The lowest BCUT2D eigenvalue weighted by atomic mass is 9.85. The van der Waals surface area contributed by atoms with Gasteiger partial charge in [0.05, 0.1) is 11.6 Å². The second kappa shape index (κ2) is 9.43. The molecule has 0 spiro atoms. The Morgan fingerprint density at radius 3 is 2.50 bits per heavy atom. The molecule has 2 amide bonds. The van der Waals surface area contributed by atoms with Crippen LogP contribution < -0.4 is 15.5 Å². The second-order valence-electron chi connectivity index (χ2n) is 9.07. The van der Waals surface area contributed by atoms with Gasteiger partial charge in [-0.05, 0) is 61.9 Å². The Bertz CT molecular complexity index is 772. The predicted molar refractivity (Wildman–Crippen MR) is 115 cm³/mol. The van der Waals surface area contributed by atoms with Gasteiger partial charge in [0.1, 0.15) is 5.82 Å². The number of benzene rings is 1. The largest absolute Gasteiger partial charge is 0.367 e. The maximum atomic E-state index is 14.9. The van der Waals surface area contributed by atoms with E-state index in [1.54, 1.807) is 6.07 Å². The van der Waals surface area contributed by atoms with Crippen LogP contribution in [-0.2, 0) is 9.59 Å². The summed E-state index contributed by atoms with van der Waals surface area (Å²) in [6.45, 7) is 9.29. The van der Waals surface area contributed by atoms with Crippen molar-refractivity contribution in [1.82, 2.24) is 15.5 Å². The van der Waals surface area contributed by atoms with E-state index in [9.17, 15) is 14.0 Å². The first-order valence-corrected chi connectivity index (χ1v) is 11.3. The van der Waals surface area contributed by atoms with Crippen LogP contribution in [0.3, 0.4) is 0 Å². The Balaban J connectivity index is 1.32. The van der Waals surface area contributed by atoms with Gasteiger partial charge in [-0.3, -0.25) is 19.8 Å². The Morgan fingerprint density at radius 1 is 1.10 bits per heavy atom. The van der Waals surface area contributed by atoms with Crippen molar-refractivity contribution in [2.75, 3.05) is 50.7 Å². The van der Waals surface area contributed by atoms with Gasteiger partial charge in [0, 0.05) is 39.1 Å². The van der Waals surface area contributed by atoms with E-state index in [-0.39, 0.29) is 17.6 Å². The average Bonchev–Trinajstić information content (AvgIpc) is 2.75. The van der Waals surface area contributed by atoms with Crippen molar-refractivity contribution >= 4 is 17.5 Å². The first-order chi connectivity index (χ1) is 14.5. The lowest BCUT2D eigenvalue weighted by Gasteiger charge is -2.39. The van der Waals surface area contributed by atoms with Gasteiger partial charge in [-0.25, -0.2) is 4.39 Å². The summed E-state index contributed by atoms with van der Waals surface area (Å²) in [4.78, 5) is 28.0. The Kier molecular flexibility index (Phi) is 6.68. The molecule has 0 aromatic heterocycles. The van der Waals surface area contributed by atoms with E-state index >= 15 is 0 Å². The van der Waals surface area contributed by atoms with Crippen LogP contribution in [0.2, 0.25) is 0 Å². The van der Waals surface area contributed by atoms with E-state index in [2.05, 4.69) is 27.4 Å². The molecule has 6 nitrogen and oxygen atoms in total. The molecular weight excluding hydrogens is 383 g/mol. The maximum absolute atomic E-state index is 14.9. The molecule has 0 bridgehead atoms. The molecule has 1 aromatic carbocycles. The number of amides is 2. The first-order valence-electron chi connectivity index (χ1n) is 11.3. The topological polar surface area (TPSA) is 64.7 Å². The highest BCUT2D eigenvalue weighted by atomic mass is 19.1. The number of nitrogens with one attached hydrogen (secondary N) is 2. The molecule has 0 saturated carbocycles. The van der Waals surface area contributed by atoms with Crippen LogP contribution in [0, 0.1) is 17.7 Å². The number of halogens is 1. The lowest BCUT2D eigenvalue weighted by molar-refractivity contribution is -0.134. The number of anilines is 1. The lowest BCUT2D eigenvalue weighted by Crippen LogP contribution is -2.48. The average molecular weight is 417 g/mol. The van der Waals surface area contributed by atoms with E-state index in [0.29, 0.717) is 30.0 Å². The second-order valence-corrected chi connectivity index (χ2v) is 9.07. The number of piperazine rings is 1. The van der Waals surface area contributed by atoms with Crippen LogP contribution in [0.25, 0.3) is 0 Å². The van der Waals surface area contributed by atoms with Gasteiger partial charge in [-0.15, -0.1) is 0 Å². The SMILES string of the molecule is C[C@@H](CN1CCN(c2ccc(C3CCC(=O)NC3=O)cc2F)CC1)C1CCNCC1. The van der Waals surface area contributed by atoms with Crippen molar-refractivity contribution in [2.24, 2.45) is 11.8 Å². The summed E-state index contributed by atoms with van der Waals surface area (Å²) in [5.41, 5.74) is 1.26. The van der Waals surface area contributed by atoms with E-state index in [4.69, 9.17) is 0 Å². The highest BCUT2D eigenvalue weighted by Crippen LogP contribution is 2.30. The molecule has 0 aliphatic carbocycles. The van der Waals surface area contributed by atoms with Gasteiger partial charge >= 0.3 is 0 Å². The molecule has 4 rings (SSSR count). The third-order valence-corrected chi connectivity index (χ3v) is 7.06. The molecule has 3 fully saturated rings. The zero-order chi connectivity index (χ0) is 21.1. The maximum Gasteiger partial charge on any atom is 0.234 e. The standard InChI is InChI=1S/C23H33FN4O2/c1-16(17-6-8-25-9-7-17)15-27-10-12-28(13-11-27)21-4-2-18(14-20(21)24)19-3-5-22(29)26-23(19)30/h2,4,14,16-17,19,25H,3,5-13,15H2,1H3,(H,26,29,30)/t16-,19?/m0/s1. The highest BCUT2D eigenvalue weighted by Gasteiger charge is 2.29. The third kappa shape index (κ3) is 4.83. The van der Waals surface area contributed by atoms with E-state index in [0.717, 1.165) is 51.7 Å². The molecule has 0 radical (unpaired) electrons. The fourth-order valence-corrected chi connectivity index (χ4v) is 5.15. The monoisotopic (exact) mass is 416 g/mol. The number of hydrogen-bond donors (Lipinski definition) is 2. The Labute approximate surface area is 178 Å². The molecule has 3 heterocycles. The van der Waals surface area contributed by atoms with Crippen LogP contribution in [0.4, 0.5) is 10.1 Å². The molecule has 164 valence electrons. The molecule has 3 aliphatic rings. The summed E-state index contributed by atoms with van der Waals surface area (Å²) in [6, 6.07) is 5.10. The van der Waals surface area contributed by atoms with E-state index in [1.807, 2.05) is 6.07 Å². The van der Waals surface area contributed by atoms with Crippen molar-refractivity contribution < 1.29 is 14.0 Å². The fraction of sp³-hybridized carbons (Fsp3) is 0.652. The third-order valence-electron chi connectivity index (χ3n) is 7.06. The smallest absolute Gasteiger partial charge is 0.234 e. The van der Waals surface area contributed by atoms with Crippen LogP contribution in [0.1, 0.15) is 44.1 Å². The first kappa shape index (κ1) is 21.2. The van der Waals surface area contributed by atoms with Crippen LogP contribution >= 0.6 is 0 Å². The number of nitrogens with zero attached hydrogens (tertiary/aromatic N) is 2. The van der Waals surface area contributed by atoms with Gasteiger partial charge in [0.2, 0.25) is 11.8 Å². The van der Waals surface area contributed by atoms with Crippen molar-refractivity contribution in [3.8, 4) is 0 Å². The molecule has 7 heteroatoms. The molecule has 3 saturated heterocycles. The van der Waals surface area contributed by atoms with Crippen LogP contribution in [0.15, 0.2) is 18.2 Å². The minimum absolute atomic E-state index is 0.249. The summed E-state index contributed by atoms with van der Waals surface area (Å²) < 4.78 is 14.9. The minimum atomic E-state index is -0.445. The summed E-state index contributed by atoms with van der Waals surface area (Å²) in [5, 5.41) is 5.79. The summed E-state index contributed by atoms with van der Waals surface area (Å²) in [7, 11) is 0. The fourth-order valence-electron chi connectivity index (χ4n) is 5.15. The number of carbonyl (C=O) groups excluding carboxylic acids is 2. The number of rotatable bonds is 5. The Morgan fingerprint density at radius 2 is 1.83 bits per heavy atom.